The lowest BCUT2D eigenvalue weighted by molar-refractivity contribution is 0.0885. The fraction of sp³-hybridized carbons (Fsp3) is 0.800. The summed E-state index contributed by atoms with van der Waals surface area (Å²) >= 11 is 0. The molecule has 0 fully saturated rings. The lowest BCUT2D eigenvalue weighted by atomic mass is 10.3. The predicted octanol–water partition coefficient (Wildman–Crippen LogP) is 0.454. The van der Waals surface area contributed by atoms with E-state index >= 15 is 0 Å². The summed E-state index contributed by atoms with van der Waals surface area (Å²) in [6, 6.07) is 0. The normalized spacial score (nSPS) is 9.00. The summed E-state index contributed by atoms with van der Waals surface area (Å²) in [5, 5.41) is 16.2. The summed E-state index contributed by atoms with van der Waals surface area (Å²) in [6.07, 6.45) is -0.0799. The Morgan fingerprint density at radius 3 is 2.56 bits per heavy atom. The van der Waals surface area contributed by atoms with E-state index in [0.717, 1.165) is 0 Å². The van der Waals surface area contributed by atoms with Crippen LogP contribution in [-0.2, 0) is 4.74 Å². The van der Waals surface area contributed by atoms with Crippen LogP contribution in [0.3, 0.4) is 0 Å². The Kier molecular flexibility index (Phi) is 4.91. The molecule has 0 saturated heterocycles. The maximum Gasteiger partial charge on any atom is 0.505 e. The third kappa shape index (κ3) is 7.23. The van der Waals surface area contributed by atoms with Crippen molar-refractivity contribution in [1.82, 2.24) is 0 Å². The molecule has 4 heteroatoms. The summed E-state index contributed by atoms with van der Waals surface area (Å²) < 4.78 is 4.15. The molecule has 2 N–H and O–H groups in total. The molecule has 0 aliphatic carbocycles. The van der Waals surface area contributed by atoms with Gasteiger partial charge in [0.1, 0.15) is 0 Å². The maximum atomic E-state index is 9.68. The average Bonchev–Trinajstić information content (AvgIpc) is 1.80. The molecule has 0 aliphatic rings. The molecule has 0 rings (SSSR count). The van der Waals surface area contributed by atoms with Crippen LogP contribution in [0, 0.1) is 0 Å². The first-order valence-electron chi connectivity index (χ1n) is 2.74. The standard InChI is InChI=1S/C5H10O4/c6-3-1-2-4-9-5(7)8/h6H,1-4H2,(H,7,8). The van der Waals surface area contributed by atoms with Gasteiger partial charge in [-0.2, -0.15) is 0 Å². The molecule has 4 nitrogen and oxygen atoms in total. The SMILES string of the molecule is O=C(O)OCCCCO. The van der Waals surface area contributed by atoms with Gasteiger partial charge in [0, 0.05) is 6.61 Å². The second-order valence-corrected chi connectivity index (χ2v) is 1.55. The van der Waals surface area contributed by atoms with Crippen molar-refractivity contribution < 1.29 is 19.7 Å². The molecule has 0 heterocycles. The minimum atomic E-state index is -1.26. The number of carboxylic acid groups (broad SMARTS) is 1. The first kappa shape index (κ1) is 8.23. The van der Waals surface area contributed by atoms with Gasteiger partial charge in [-0.15, -0.1) is 0 Å². The van der Waals surface area contributed by atoms with Gasteiger partial charge in [-0.25, -0.2) is 4.79 Å². The monoisotopic (exact) mass is 134 g/mol. The smallest absolute Gasteiger partial charge is 0.450 e. The van der Waals surface area contributed by atoms with Gasteiger partial charge in [0.2, 0.25) is 0 Å². The second-order valence-electron chi connectivity index (χ2n) is 1.55. The number of hydrogen-bond acceptors (Lipinski definition) is 3. The number of unbranched alkanes of at least 4 members (excludes halogenated alkanes) is 1. The molecule has 0 aromatic heterocycles. The van der Waals surface area contributed by atoms with Crippen LogP contribution in [0.5, 0.6) is 0 Å². The Balaban J connectivity index is 2.83. The Hall–Kier alpha value is -0.770. The third-order valence-electron chi connectivity index (χ3n) is 0.778. The first-order valence-corrected chi connectivity index (χ1v) is 2.74. The zero-order valence-corrected chi connectivity index (χ0v) is 5.04. The molecule has 0 aliphatic heterocycles. The summed E-state index contributed by atoms with van der Waals surface area (Å²) in [5.41, 5.74) is 0. The highest BCUT2D eigenvalue weighted by Crippen LogP contribution is 1.87. The number of carbonyl (C=O) groups is 1. The largest absolute Gasteiger partial charge is 0.505 e. The van der Waals surface area contributed by atoms with Gasteiger partial charge in [0.05, 0.1) is 6.61 Å². The van der Waals surface area contributed by atoms with Crippen molar-refractivity contribution in [3.05, 3.63) is 0 Å². The van der Waals surface area contributed by atoms with Crippen molar-refractivity contribution >= 4 is 6.16 Å². The van der Waals surface area contributed by atoms with Crippen molar-refractivity contribution in [2.45, 2.75) is 12.8 Å². The molecule has 0 bridgehead atoms. The Morgan fingerprint density at radius 1 is 1.44 bits per heavy atom. The van der Waals surface area contributed by atoms with Gasteiger partial charge in [-0.05, 0) is 12.8 Å². The van der Waals surface area contributed by atoms with Crippen molar-refractivity contribution in [3.63, 3.8) is 0 Å². The van der Waals surface area contributed by atoms with Gasteiger partial charge in [-0.3, -0.25) is 0 Å². The minimum Gasteiger partial charge on any atom is -0.450 e. The van der Waals surface area contributed by atoms with Crippen LogP contribution < -0.4 is 0 Å². The van der Waals surface area contributed by atoms with Gasteiger partial charge >= 0.3 is 6.16 Å². The number of hydrogen-bond donors (Lipinski definition) is 2. The van der Waals surface area contributed by atoms with E-state index in [4.69, 9.17) is 10.2 Å². The van der Waals surface area contributed by atoms with Gasteiger partial charge in [-0.1, -0.05) is 0 Å². The van der Waals surface area contributed by atoms with E-state index < -0.39 is 6.16 Å². The quantitative estimate of drug-likeness (QED) is 0.432. The molecular weight excluding hydrogens is 124 g/mol. The molecule has 9 heavy (non-hydrogen) atoms. The fourth-order valence-corrected chi connectivity index (χ4v) is 0.373. The van der Waals surface area contributed by atoms with Crippen LogP contribution in [0.25, 0.3) is 0 Å². The molecule has 0 radical (unpaired) electrons. The Bertz CT molecular complexity index is 81.0. The lowest BCUT2D eigenvalue weighted by Gasteiger charge is -1.96. The van der Waals surface area contributed by atoms with Crippen LogP contribution in [0.15, 0.2) is 0 Å². The van der Waals surface area contributed by atoms with Crippen LogP contribution >= 0.6 is 0 Å². The Labute approximate surface area is 53.1 Å². The predicted molar refractivity (Wildman–Crippen MR) is 30.3 cm³/mol. The van der Waals surface area contributed by atoms with Gasteiger partial charge < -0.3 is 14.9 Å². The van der Waals surface area contributed by atoms with Crippen molar-refractivity contribution in [3.8, 4) is 0 Å². The number of aliphatic hydroxyl groups excluding tert-OH is 1. The zero-order valence-electron chi connectivity index (χ0n) is 5.04. The van der Waals surface area contributed by atoms with Crippen LogP contribution in [0.2, 0.25) is 0 Å². The molecule has 0 spiro atoms. The highest BCUT2D eigenvalue weighted by molar-refractivity contribution is 5.56. The average molecular weight is 134 g/mol. The minimum absolute atomic E-state index is 0.0863. The maximum absolute atomic E-state index is 9.68. The van der Waals surface area contributed by atoms with Crippen molar-refractivity contribution in [2.24, 2.45) is 0 Å². The highest BCUT2D eigenvalue weighted by atomic mass is 16.7. The summed E-state index contributed by atoms with van der Waals surface area (Å²) in [4.78, 5) is 9.68. The number of ether oxygens (including phenoxy) is 1. The van der Waals surface area contributed by atoms with Crippen LogP contribution in [-0.4, -0.2) is 29.6 Å². The van der Waals surface area contributed by atoms with E-state index in [1.165, 1.54) is 0 Å². The third-order valence-corrected chi connectivity index (χ3v) is 0.778. The molecule has 0 aromatic carbocycles. The highest BCUT2D eigenvalue weighted by Gasteiger charge is 1.93. The van der Waals surface area contributed by atoms with E-state index in [-0.39, 0.29) is 13.2 Å². The molecule has 0 aromatic rings. The zero-order chi connectivity index (χ0) is 7.11. The fourth-order valence-electron chi connectivity index (χ4n) is 0.373. The molecule has 0 atom stereocenters. The summed E-state index contributed by atoms with van der Waals surface area (Å²) in [5.74, 6) is 0. The summed E-state index contributed by atoms with van der Waals surface area (Å²) in [6.45, 7) is 0.263. The van der Waals surface area contributed by atoms with E-state index in [9.17, 15) is 4.79 Å². The van der Waals surface area contributed by atoms with E-state index in [1.807, 2.05) is 0 Å². The molecule has 0 amide bonds. The van der Waals surface area contributed by atoms with E-state index in [1.54, 1.807) is 0 Å². The van der Waals surface area contributed by atoms with E-state index in [2.05, 4.69) is 4.74 Å². The molecular formula is C5H10O4. The van der Waals surface area contributed by atoms with Crippen molar-refractivity contribution in [1.29, 1.82) is 0 Å². The lowest BCUT2D eigenvalue weighted by Crippen LogP contribution is -2.01. The number of rotatable bonds is 4. The van der Waals surface area contributed by atoms with Gasteiger partial charge in [0.15, 0.2) is 0 Å². The molecule has 0 unspecified atom stereocenters. The summed E-state index contributed by atoms with van der Waals surface area (Å²) in [7, 11) is 0. The molecule has 0 saturated carbocycles. The van der Waals surface area contributed by atoms with Gasteiger partial charge in [0.25, 0.3) is 0 Å². The van der Waals surface area contributed by atoms with Crippen LogP contribution in [0.4, 0.5) is 4.79 Å². The Morgan fingerprint density at radius 2 is 2.11 bits per heavy atom. The topological polar surface area (TPSA) is 66.8 Å². The first-order chi connectivity index (χ1) is 4.27. The van der Waals surface area contributed by atoms with Crippen LogP contribution in [0.1, 0.15) is 12.8 Å². The molecule has 54 valence electrons. The number of aliphatic hydroxyl groups is 1. The van der Waals surface area contributed by atoms with E-state index in [0.29, 0.717) is 12.8 Å². The van der Waals surface area contributed by atoms with Crippen molar-refractivity contribution in [2.75, 3.05) is 13.2 Å². The second kappa shape index (κ2) is 5.37.